The highest BCUT2D eigenvalue weighted by Gasteiger charge is 2.20. The fraction of sp³-hybridized carbons (Fsp3) is 0.615. The van der Waals surface area contributed by atoms with Crippen molar-refractivity contribution in [2.45, 2.75) is 19.3 Å². The van der Waals surface area contributed by atoms with E-state index in [1.165, 1.54) is 12.8 Å². The van der Waals surface area contributed by atoms with Crippen molar-refractivity contribution in [1.29, 1.82) is 0 Å². The molecule has 0 aromatic carbocycles. The number of halogens is 2. The first-order valence-electron chi connectivity index (χ1n) is 6.56. The SMILES string of the molecule is CNc1nc(NCCCOCC2CC2)c(Cl)cc1Cl. The Kier molecular flexibility index (Phi) is 5.55. The molecule has 1 aromatic rings. The summed E-state index contributed by atoms with van der Waals surface area (Å²) in [7, 11) is 1.78. The highest BCUT2D eigenvalue weighted by Crippen LogP contribution is 2.29. The molecule has 1 aromatic heterocycles. The highest BCUT2D eigenvalue weighted by atomic mass is 35.5. The van der Waals surface area contributed by atoms with Gasteiger partial charge in [0, 0.05) is 26.8 Å². The maximum Gasteiger partial charge on any atom is 0.147 e. The molecule has 0 aliphatic heterocycles. The highest BCUT2D eigenvalue weighted by molar-refractivity contribution is 6.37. The molecule has 1 fully saturated rings. The monoisotopic (exact) mass is 303 g/mol. The van der Waals surface area contributed by atoms with Crippen molar-refractivity contribution in [3.05, 3.63) is 16.1 Å². The van der Waals surface area contributed by atoms with Gasteiger partial charge in [-0.05, 0) is 31.2 Å². The zero-order valence-electron chi connectivity index (χ0n) is 11.0. The molecule has 1 aliphatic carbocycles. The summed E-state index contributed by atoms with van der Waals surface area (Å²) < 4.78 is 5.56. The van der Waals surface area contributed by atoms with Crippen LogP contribution in [0.2, 0.25) is 10.0 Å². The lowest BCUT2D eigenvalue weighted by Gasteiger charge is -2.10. The van der Waals surface area contributed by atoms with Gasteiger partial charge < -0.3 is 15.4 Å². The molecule has 0 bridgehead atoms. The van der Waals surface area contributed by atoms with E-state index in [4.69, 9.17) is 27.9 Å². The smallest absolute Gasteiger partial charge is 0.147 e. The molecule has 1 saturated carbocycles. The predicted molar refractivity (Wildman–Crippen MR) is 80.5 cm³/mol. The second-order valence-corrected chi connectivity index (χ2v) is 5.51. The molecule has 1 heterocycles. The van der Waals surface area contributed by atoms with Crippen LogP contribution < -0.4 is 10.6 Å². The van der Waals surface area contributed by atoms with Gasteiger partial charge in [0.05, 0.1) is 10.0 Å². The zero-order valence-corrected chi connectivity index (χ0v) is 12.5. The average molecular weight is 304 g/mol. The Morgan fingerprint density at radius 2 is 2.05 bits per heavy atom. The predicted octanol–water partition coefficient (Wildman–Crippen LogP) is 3.66. The van der Waals surface area contributed by atoms with E-state index in [1.54, 1.807) is 13.1 Å². The van der Waals surface area contributed by atoms with Crippen LogP contribution in [-0.2, 0) is 4.74 Å². The van der Waals surface area contributed by atoms with Gasteiger partial charge in [-0.2, -0.15) is 0 Å². The topological polar surface area (TPSA) is 46.2 Å². The molecule has 4 nitrogen and oxygen atoms in total. The van der Waals surface area contributed by atoms with E-state index in [0.717, 1.165) is 32.1 Å². The van der Waals surface area contributed by atoms with Crippen LogP contribution >= 0.6 is 23.2 Å². The lowest BCUT2D eigenvalue weighted by atomic mass is 10.4. The Morgan fingerprint density at radius 1 is 1.32 bits per heavy atom. The van der Waals surface area contributed by atoms with Gasteiger partial charge in [-0.25, -0.2) is 4.98 Å². The average Bonchev–Trinajstić information content (AvgIpc) is 3.20. The number of anilines is 2. The minimum Gasteiger partial charge on any atom is -0.381 e. The molecular formula is C13H19Cl2N3O. The van der Waals surface area contributed by atoms with Crippen molar-refractivity contribution in [2.24, 2.45) is 5.92 Å². The van der Waals surface area contributed by atoms with E-state index in [-0.39, 0.29) is 0 Å². The first-order valence-corrected chi connectivity index (χ1v) is 7.31. The van der Waals surface area contributed by atoms with Gasteiger partial charge in [0.25, 0.3) is 0 Å². The van der Waals surface area contributed by atoms with Crippen LogP contribution in [0, 0.1) is 5.92 Å². The second kappa shape index (κ2) is 7.17. The number of aromatic nitrogens is 1. The molecule has 106 valence electrons. The van der Waals surface area contributed by atoms with Crippen molar-refractivity contribution >= 4 is 34.8 Å². The summed E-state index contributed by atoms with van der Waals surface area (Å²) in [6.07, 6.45) is 3.59. The number of ether oxygens (including phenoxy) is 1. The van der Waals surface area contributed by atoms with E-state index in [2.05, 4.69) is 15.6 Å². The Hall–Kier alpha value is -0.710. The first kappa shape index (κ1) is 14.7. The lowest BCUT2D eigenvalue weighted by molar-refractivity contribution is 0.124. The molecule has 6 heteroatoms. The fourth-order valence-corrected chi connectivity index (χ4v) is 2.20. The van der Waals surface area contributed by atoms with E-state index in [9.17, 15) is 0 Å². The third-order valence-corrected chi connectivity index (χ3v) is 3.55. The van der Waals surface area contributed by atoms with Gasteiger partial charge in [0.15, 0.2) is 0 Å². The molecule has 19 heavy (non-hydrogen) atoms. The minimum absolute atomic E-state index is 0.519. The summed E-state index contributed by atoms with van der Waals surface area (Å²) in [6.45, 7) is 2.46. The van der Waals surface area contributed by atoms with Crippen LogP contribution in [0.3, 0.4) is 0 Å². The molecule has 2 rings (SSSR count). The molecule has 1 aliphatic rings. The second-order valence-electron chi connectivity index (χ2n) is 4.70. The van der Waals surface area contributed by atoms with Crippen molar-refractivity contribution in [3.8, 4) is 0 Å². The van der Waals surface area contributed by atoms with E-state index in [1.807, 2.05) is 0 Å². The number of nitrogens with one attached hydrogen (secondary N) is 2. The van der Waals surface area contributed by atoms with Crippen LogP contribution in [0.1, 0.15) is 19.3 Å². The maximum absolute atomic E-state index is 6.08. The Balaban J connectivity index is 1.71. The van der Waals surface area contributed by atoms with E-state index >= 15 is 0 Å². The van der Waals surface area contributed by atoms with Crippen LogP contribution in [0.4, 0.5) is 11.6 Å². The Bertz CT molecular complexity index is 425. The fourth-order valence-electron chi connectivity index (χ4n) is 1.68. The summed E-state index contributed by atoms with van der Waals surface area (Å²) in [5.74, 6) is 2.09. The summed E-state index contributed by atoms with van der Waals surface area (Å²) in [5, 5.41) is 7.17. The van der Waals surface area contributed by atoms with Gasteiger partial charge >= 0.3 is 0 Å². The molecule has 0 saturated heterocycles. The van der Waals surface area contributed by atoms with Gasteiger partial charge in [-0.1, -0.05) is 23.2 Å². The Morgan fingerprint density at radius 3 is 2.74 bits per heavy atom. The quantitative estimate of drug-likeness (QED) is 0.720. The van der Waals surface area contributed by atoms with Gasteiger partial charge in [0.1, 0.15) is 11.6 Å². The van der Waals surface area contributed by atoms with Crippen LogP contribution in [-0.4, -0.2) is 31.8 Å². The third-order valence-electron chi connectivity index (χ3n) is 2.97. The minimum atomic E-state index is 0.519. The van der Waals surface area contributed by atoms with Crippen molar-refractivity contribution in [2.75, 3.05) is 37.4 Å². The van der Waals surface area contributed by atoms with Crippen molar-refractivity contribution < 1.29 is 4.74 Å². The molecular weight excluding hydrogens is 285 g/mol. The number of nitrogens with zero attached hydrogens (tertiary/aromatic N) is 1. The van der Waals surface area contributed by atoms with Crippen LogP contribution in [0.25, 0.3) is 0 Å². The van der Waals surface area contributed by atoms with E-state index < -0.39 is 0 Å². The Labute approximate surface area is 123 Å². The summed E-state index contributed by atoms with van der Waals surface area (Å²) >= 11 is 12.1. The standard InChI is InChI=1S/C13H19Cl2N3O/c1-16-12-10(14)7-11(15)13(18-12)17-5-2-6-19-8-9-3-4-9/h7,9H,2-6,8H2,1H3,(H2,16,17,18). The normalized spacial score (nSPS) is 14.5. The molecule has 0 amide bonds. The summed E-state index contributed by atoms with van der Waals surface area (Å²) in [4.78, 5) is 4.32. The zero-order chi connectivity index (χ0) is 13.7. The summed E-state index contributed by atoms with van der Waals surface area (Å²) in [5.41, 5.74) is 0. The van der Waals surface area contributed by atoms with Crippen LogP contribution in [0.5, 0.6) is 0 Å². The largest absolute Gasteiger partial charge is 0.381 e. The first-order chi connectivity index (χ1) is 9.20. The lowest BCUT2D eigenvalue weighted by Crippen LogP contribution is -2.09. The number of rotatable bonds is 8. The number of hydrogen-bond donors (Lipinski definition) is 2. The number of pyridine rings is 1. The molecule has 0 atom stereocenters. The molecule has 0 spiro atoms. The molecule has 0 radical (unpaired) electrons. The van der Waals surface area contributed by atoms with Gasteiger partial charge in [-0.15, -0.1) is 0 Å². The van der Waals surface area contributed by atoms with Gasteiger partial charge in [-0.3, -0.25) is 0 Å². The summed E-state index contributed by atoms with van der Waals surface area (Å²) in [6, 6.07) is 1.69. The molecule has 2 N–H and O–H groups in total. The maximum atomic E-state index is 6.08. The van der Waals surface area contributed by atoms with Crippen molar-refractivity contribution in [1.82, 2.24) is 4.98 Å². The third kappa shape index (κ3) is 4.71. The van der Waals surface area contributed by atoms with Gasteiger partial charge in [0.2, 0.25) is 0 Å². The number of hydrogen-bond acceptors (Lipinski definition) is 4. The van der Waals surface area contributed by atoms with Crippen molar-refractivity contribution in [3.63, 3.8) is 0 Å². The molecule has 0 unspecified atom stereocenters. The van der Waals surface area contributed by atoms with E-state index in [0.29, 0.717) is 21.7 Å². The van der Waals surface area contributed by atoms with Crippen LogP contribution in [0.15, 0.2) is 6.07 Å².